The second-order valence-electron chi connectivity index (χ2n) is 5.67. The third-order valence-corrected chi connectivity index (χ3v) is 3.58. The first-order chi connectivity index (χ1) is 12.0. The van der Waals surface area contributed by atoms with E-state index in [-0.39, 0.29) is 6.03 Å². The van der Waals surface area contributed by atoms with Crippen molar-refractivity contribution in [1.29, 1.82) is 0 Å². The van der Waals surface area contributed by atoms with Gasteiger partial charge in [-0.2, -0.15) is 0 Å². The van der Waals surface area contributed by atoms with Gasteiger partial charge in [-0.1, -0.05) is 35.9 Å². The van der Waals surface area contributed by atoms with Gasteiger partial charge >= 0.3 is 12.1 Å². The maximum absolute atomic E-state index is 12.0. The monoisotopic (exact) mass is 341 g/mol. The largest absolute Gasteiger partial charge is 0.450 e. The number of carbonyl (C=O) groups excluding carboxylic acids is 2. The van der Waals surface area contributed by atoms with Gasteiger partial charge in [0, 0.05) is 17.9 Å². The third-order valence-electron chi connectivity index (χ3n) is 3.58. The summed E-state index contributed by atoms with van der Waals surface area (Å²) in [5, 5.41) is 8.21. The normalized spacial score (nSPS) is 10.0. The quantitative estimate of drug-likeness (QED) is 0.763. The van der Waals surface area contributed by atoms with Crippen LogP contribution in [0, 0.1) is 13.8 Å². The minimum atomic E-state index is -0.522. The first-order valence-corrected chi connectivity index (χ1v) is 8.12. The second-order valence-corrected chi connectivity index (χ2v) is 5.67. The molecule has 0 aliphatic rings. The van der Waals surface area contributed by atoms with Crippen LogP contribution in [0.1, 0.15) is 23.6 Å². The van der Waals surface area contributed by atoms with E-state index in [1.54, 1.807) is 19.1 Å². The molecule has 132 valence electrons. The highest BCUT2D eigenvalue weighted by Crippen LogP contribution is 2.20. The lowest BCUT2D eigenvalue weighted by Crippen LogP contribution is -2.28. The molecule has 6 heteroatoms. The fraction of sp³-hybridized carbons (Fsp3) is 0.263. The van der Waals surface area contributed by atoms with Crippen LogP contribution in [-0.4, -0.2) is 18.7 Å². The topological polar surface area (TPSA) is 79.5 Å². The van der Waals surface area contributed by atoms with E-state index in [4.69, 9.17) is 4.74 Å². The van der Waals surface area contributed by atoms with Gasteiger partial charge in [0.15, 0.2) is 0 Å². The second kappa shape index (κ2) is 8.73. The van der Waals surface area contributed by atoms with E-state index in [2.05, 4.69) is 16.0 Å². The molecular formula is C19H23N3O3. The molecule has 0 aliphatic heterocycles. The third kappa shape index (κ3) is 5.84. The predicted molar refractivity (Wildman–Crippen MR) is 98.9 cm³/mol. The number of benzene rings is 2. The Morgan fingerprint density at radius 3 is 2.40 bits per heavy atom. The molecule has 0 saturated heterocycles. The molecule has 2 aromatic rings. The Kier molecular flexibility index (Phi) is 6.39. The van der Waals surface area contributed by atoms with Crippen LogP contribution in [-0.2, 0) is 11.3 Å². The molecule has 0 aliphatic carbocycles. The zero-order valence-corrected chi connectivity index (χ0v) is 14.7. The zero-order valence-electron chi connectivity index (χ0n) is 14.7. The van der Waals surface area contributed by atoms with Gasteiger partial charge in [0.2, 0.25) is 0 Å². The van der Waals surface area contributed by atoms with Gasteiger partial charge in [-0.3, -0.25) is 5.32 Å². The molecule has 0 aromatic heterocycles. The minimum Gasteiger partial charge on any atom is -0.450 e. The Hall–Kier alpha value is -3.02. The van der Waals surface area contributed by atoms with Crippen LogP contribution in [0.25, 0.3) is 0 Å². The van der Waals surface area contributed by atoms with E-state index in [1.165, 1.54) is 5.56 Å². The Balaban J connectivity index is 1.93. The molecule has 0 spiro atoms. The lowest BCUT2D eigenvalue weighted by molar-refractivity contribution is 0.168. The van der Waals surface area contributed by atoms with Gasteiger partial charge in [-0.05, 0) is 44.0 Å². The lowest BCUT2D eigenvalue weighted by atomic mass is 10.1. The number of hydrogen-bond donors (Lipinski definition) is 3. The molecule has 0 heterocycles. The minimum absolute atomic E-state index is 0.296. The number of nitrogens with one attached hydrogen (secondary N) is 3. The fourth-order valence-electron chi connectivity index (χ4n) is 2.18. The maximum atomic E-state index is 12.0. The van der Waals surface area contributed by atoms with E-state index < -0.39 is 6.09 Å². The van der Waals surface area contributed by atoms with E-state index in [0.717, 1.165) is 11.1 Å². The van der Waals surface area contributed by atoms with Crippen molar-refractivity contribution in [2.75, 3.05) is 17.2 Å². The molecule has 0 radical (unpaired) electrons. The van der Waals surface area contributed by atoms with Crippen LogP contribution in [0.3, 0.4) is 0 Å². The van der Waals surface area contributed by atoms with Gasteiger partial charge in [0.05, 0.1) is 6.61 Å². The number of ether oxygens (including phenoxy) is 1. The molecule has 3 N–H and O–H groups in total. The standard InChI is InChI=1S/C19H23N3O3/c1-4-25-19(24)22-17-11-16(10-7-14(17)3)21-18(23)20-12-15-8-5-13(2)6-9-15/h5-11H,4,12H2,1-3H3,(H,22,24)(H2,20,21,23). The summed E-state index contributed by atoms with van der Waals surface area (Å²) in [5.74, 6) is 0. The molecule has 0 bridgehead atoms. The number of amides is 3. The van der Waals surface area contributed by atoms with Crippen LogP contribution in [0.2, 0.25) is 0 Å². The van der Waals surface area contributed by atoms with Gasteiger partial charge in [-0.15, -0.1) is 0 Å². The van der Waals surface area contributed by atoms with Crippen molar-refractivity contribution in [1.82, 2.24) is 5.32 Å². The number of urea groups is 1. The van der Waals surface area contributed by atoms with Crippen LogP contribution >= 0.6 is 0 Å². The molecule has 25 heavy (non-hydrogen) atoms. The van der Waals surface area contributed by atoms with E-state index >= 15 is 0 Å². The molecule has 3 amide bonds. The van der Waals surface area contributed by atoms with Crippen LogP contribution < -0.4 is 16.0 Å². The number of anilines is 2. The number of aryl methyl sites for hydroxylation is 2. The van der Waals surface area contributed by atoms with Crippen molar-refractivity contribution in [3.05, 3.63) is 59.2 Å². The van der Waals surface area contributed by atoms with Crippen molar-refractivity contribution < 1.29 is 14.3 Å². The van der Waals surface area contributed by atoms with Crippen molar-refractivity contribution in [2.24, 2.45) is 0 Å². The van der Waals surface area contributed by atoms with Gasteiger partial charge in [0.25, 0.3) is 0 Å². The highest BCUT2D eigenvalue weighted by Gasteiger charge is 2.08. The molecule has 2 rings (SSSR count). The first-order valence-electron chi connectivity index (χ1n) is 8.12. The highest BCUT2D eigenvalue weighted by atomic mass is 16.5. The van der Waals surface area contributed by atoms with E-state index in [1.807, 2.05) is 44.2 Å². The van der Waals surface area contributed by atoms with Gasteiger partial charge in [0.1, 0.15) is 0 Å². The average molecular weight is 341 g/mol. The highest BCUT2D eigenvalue weighted by molar-refractivity contribution is 5.91. The predicted octanol–water partition coefficient (Wildman–Crippen LogP) is 4.19. The summed E-state index contributed by atoms with van der Waals surface area (Å²) in [4.78, 5) is 23.6. The molecule has 0 fully saturated rings. The molecule has 2 aromatic carbocycles. The molecule has 6 nitrogen and oxygen atoms in total. The van der Waals surface area contributed by atoms with Gasteiger partial charge in [-0.25, -0.2) is 9.59 Å². The molecule has 0 atom stereocenters. The van der Waals surface area contributed by atoms with Crippen LogP contribution in [0.4, 0.5) is 21.0 Å². The van der Waals surface area contributed by atoms with Crippen molar-refractivity contribution in [3.63, 3.8) is 0 Å². The molecular weight excluding hydrogens is 318 g/mol. The summed E-state index contributed by atoms with van der Waals surface area (Å²) in [7, 11) is 0. The Bertz CT molecular complexity index is 742. The van der Waals surface area contributed by atoms with Gasteiger partial charge < -0.3 is 15.4 Å². The Morgan fingerprint density at radius 1 is 1.00 bits per heavy atom. The number of rotatable bonds is 5. The van der Waals surface area contributed by atoms with Crippen LogP contribution in [0.15, 0.2) is 42.5 Å². The average Bonchev–Trinajstić information content (AvgIpc) is 2.57. The Labute approximate surface area is 147 Å². The maximum Gasteiger partial charge on any atom is 0.411 e. The number of hydrogen-bond acceptors (Lipinski definition) is 3. The molecule has 0 unspecified atom stereocenters. The van der Waals surface area contributed by atoms with Crippen molar-refractivity contribution in [2.45, 2.75) is 27.3 Å². The first kappa shape index (κ1) is 18.3. The smallest absolute Gasteiger partial charge is 0.411 e. The van der Waals surface area contributed by atoms with E-state index in [0.29, 0.717) is 24.5 Å². The number of carbonyl (C=O) groups is 2. The van der Waals surface area contributed by atoms with Crippen molar-refractivity contribution >= 4 is 23.5 Å². The lowest BCUT2D eigenvalue weighted by Gasteiger charge is -2.12. The zero-order chi connectivity index (χ0) is 18.2. The summed E-state index contributed by atoms with van der Waals surface area (Å²) >= 11 is 0. The summed E-state index contributed by atoms with van der Waals surface area (Å²) in [5.41, 5.74) is 4.25. The Morgan fingerprint density at radius 2 is 1.72 bits per heavy atom. The summed E-state index contributed by atoms with van der Waals surface area (Å²) in [6.07, 6.45) is -0.522. The van der Waals surface area contributed by atoms with Crippen molar-refractivity contribution in [3.8, 4) is 0 Å². The summed E-state index contributed by atoms with van der Waals surface area (Å²) < 4.78 is 4.87. The van der Waals surface area contributed by atoms with E-state index in [9.17, 15) is 9.59 Å². The summed E-state index contributed by atoms with van der Waals surface area (Å²) in [6.45, 7) is 6.35. The fourth-order valence-corrected chi connectivity index (χ4v) is 2.18. The molecule has 0 saturated carbocycles. The SMILES string of the molecule is CCOC(=O)Nc1cc(NC(=O)NCc2ccc(C)cc2)ccc1C. The van der Waals surface area contributed by atoms with Crippen LogP contribution in [0.5, 0.6) is 0 Å². The summed E-state index contributed by atoms with van der Waals surface area (Å²) in [6, 6.07) is 12.9.